The number of hydrogen-bond acceptors (Lipinski definition) is 6. The number of anilines is 1. The largest absolute Gasteiger partial charge is 0.405 e. The lowest BCUT2D eigenvalue weighted by molar-refractivity contribution is -0.138. The highest BCUT2D eigenvalue weighted by atomic mass is 19.4. The summed E-state index contributed by atoms with van der Waals surface area (Å²) in [6, 6.07) is 3.95. The number of fused-ring (bicyclic) bond motifs is 1. The molecule has 0 aliphatic heterocycles. The fourth-order valence-corrected chi connectivity index (χ4v) is 2.51. The Morgan fingerprint density at radius 3 is 2.89 bits per heavy atom. The predicted octanol–water partition coefficient (Wildman–Crippen LogP) is 2.37. The van der Waals surface area contributed by atoms with E-state index in [2.05, 4.69) is 25.3 Å². The SMILES string of the molecule is CC(Nc1cc(C#N)cc(-c2c[nH]c3ncncc23)n1)C(=O)NCC(F)(F)F. The van der Waals surface area contributed by atoms with Gasteiger partial charge in [-0.1, -0.05) is 0 Å². The molecule has 1 atom stereocenters. The highest BCUT2D eigenvalue weighted by Crippen LogP contribution is 2.27. The van der Waals surface area contributed by atoms with Crippen LogP contribution in [0.4, 0.5) is 19.0 Å². The van der Waals surface area contributed by atoms with Crippen molar-refractivity contribution in [2.24, 2.45) is 0 Å². The van der Waals surface area contributed by atoms with Crippen LogP contribution in [0.1, 0.15) is 12.5 Å². The summed E-state index contributed by atoms with van der Waals surface area (Å²) in [5.41, 5.74) is 1.92. The molecule has 0 radical (unpaired) electrons. The molecule has 0 bridgehead atoms. The molecule has 11 heteroatoms. The first-order valence-corrected chi connectivity index (χ1v) is 8.07. The molecule has 28 heavy (non-hydrogen) atoms. The van der Waals surface area contributed by atoms with Gasteiger partial charge in [0.25, 0.3) is 0 Å². The molecule has 3 heterocycles. The molecule has 0 aliphatic carbocycles. The summed E-state index contributed by atoms with van der Waals surface area (Å²) in [5, 5.41) is 14.5. The lowest BCUT2D eigenvalue weighted by Crippen LogP contribution is -2.42. The molecule has 0 fully saturated rings. The molecule has 0 saturated carbocycles. The van der Waals surface area contributed by atoms with Crippen molar-refractivity contribution in [2.75, 3.05) is 11.9 Å². The third-order valence-electron chi connectivity index (χ3n) is 3.81. The van der Waals surface area contributed by atoms with E-state index in [0.29, 0.717) is 22.3 Å². The summed E-state index contributed by atoms with van der Waals surface area (Å²) in [6.45, 7) is -0.0320. The zero-order chi connectivity index (χ0) is 20.3. The van der Waals surface area contributed by atoms with Gasteiger partial charge in [-0.05, 0) is 19.1 Å². The van der Waals surface area contributed by atoms with E-state index in [4.69, 9.17) is 0 Å². The number of nitriles is 1. The van der Waals surface area contributed by atoms with Crippen molar-refractivity contribution in [1.82, 2.24) is 25.3 Å². The van der Waals surface area contributed by atoms with Crippen LogP contribution >= 0.6 is 0 Å². The fourth-order valence-electron chi connectivity index (χ4n) is 2.51. The number of pyridine rings is 1. The summed E-state index contributed by atoms with van der Waals surface area (Å²) in [5.74, 6) is -0.668. The lowest BCUT2D eigenvalue weighted by Gasteiger charge is -2.16. The molecule has 8 nitrogen and oxygen atoms in total. The minimum absolute atomic E-state index is 0.176. The van der Waals surface area contributed by atoms with Crippen LogP contribution in [-0.4, -0.2) is 44.6 Å². The molecular formula is C17H14F3N7O. The summed E-state index contributed by atoms with van der Waals surface area (Å²) >= 11 is 0. The number of alkyl halides is 3. The van der Waals surface area contributed by atoms with Gasteiger partial charge in [-0.2, -0.15) is 18.4 Å². The molecule has 144 valence electrons. The normalized spacial score (nSPS) is 12.4. The van der Waals surface area contributed by atoms with Crippen molar-refractivity contribution in [3.05, 3.63) is 36.4 Å². The zero-order valence-electron chi connectivity index (χ0n) is 14.5. The zero-order valence-corrected chi connectivity index (χ0v) is 14.5. The van der Waals surface area contributed by atoms with Gasteiger partial charge in [-0.25, -0.2) is 15.0 Å². The van der Waals surface area contributed by atoms with Crippen LogP contribution in [0, 0.1) is 11.3 Å². The van der Waals surface area contributed by atoms with Gasteiger partial charge >= 0.3 is 6.18 Å². The molecule has 3 rings (SSSR count). The van der Waals surface area contributed by atoms with Crippen LogP contribution in [0.3, 0.4) is 0 Å². The van der Waals surface area contributed by atoms with E-state index in [1.807, 2.05) is 6.07 Å². The monoisotopic (exact) mass is 389 g/mol. The van der Waals surface area contributed by atoms with Gasteiger partial charge in [0.15, 0.2) is 0 Å². The minimum atomic E-state index is -4.50. The minimum Gasteiger partial charge on any atom is -0.359 e. The van der Waals surface area contributed by atoms with Gasteiger partial charge in [0.1, 0.15) is 30.4 Å². The highest BCUT2D eigenvalue weighted by Gasteiger charge is 2.28. The molecule has 3 aromatic rings. The van der Waals surface area contributed by atoms with Crippen molar-refractivity contribution in [2.45, 2.75) is 19.1 Å². The third-order valence-corrected chi connectivity index (χ3v) is 3.81. The van der Waals surface area contributed by atoms with E-state index in [1.54, 1.807) is 23.8 Å². The van der Waals surface area contributed by atoms with E-state index < -0.39 is 24.7 Å². The van der Waals surface area contributed by atoms with Gasteiger partial charge in [-0.15, -0.1) is 0 Å². The smallest absolute Gasteiger partial charge is 0.359 e. The molecule has 0 saturated heterocycles. The number of nitrogens with one attached hydrogen (secondary N) is 3. The average Bonchev–Trinajstić information content (AvgIpc) is 3.09. The Labute approximate surface area is 156 Å². The Morgan fingerprint density at radius 2 is 2.18 bits per heavy atom. The summed E-state index contributed by atoms with van der Waals surface area (Å²) in [4.78, 5) is 27.2. The van der Waals surface area contributed by atoms with E-state index in [9.17, 15) is 23.2 Å². The molecule has 3 aromatic heterocycles. The molecule has 3 N–H and O–H groups in total. The van der Waals surface area contributed by atoms with Crippen molar-refractivity contribution in [3.8, 4) is 17.3 Å². The second-order valence-electron chi connectivity index (χ2n) is 5.92. The van der Waals surface area contributed by atoms with E-state index in [-0.39, 0.29) is 11.4 Å². The second kappa shape index (κ2) is 7.51. The quantitative estimate of drug-likeness (QED) is 0.616. The van der Waals surface area contributed by atoms with Gasteiger partial charge in [-0.3, -0.25) is 4.79 Å². The number of rotatable bonds is 5. The fraction of sp³-hybridized carbons (Fsp3) is 0.235. The topological polar surface area (TPSA) is 119 Å². The molecule has 1 unspecified atom stereocenters. The number of amides is 1. The van der Waals surface area contributed by atoms with Crippen molar-refractivity contribution in [3.63, 3.8) is 0 Å². The standard InChI is InChI=1S/C17H14F3N7O/c1-9(16(28)24-7-17(18,19)20)26-14-3-10(4-21)2-13(27-14)11-6-23-15-12(11)5-22-8-25-15/h2-3,5-6,8-9H,7H2,1H3,(H,24,28)(H,26,27)(H,22,23,25). The van der Waals surface area contributed by atoms with Gasteiger partial charge < -0.3 is 15.6 Å². The number of aromatic nitrogens is 4. The predicted molar refractivity (Wildman–Crippen MR) is 94.0 cm³/mol. The molecule has 0 aromatic carbocycles. The Morgan fingerprint density at radius 1 is 1.39 bits per heavy atom. The van der Waals surface area contributed by atoms with Gasteiger partial charge in [0, 0.05) is 23.3 Å². The average molecular weight is 389 g/mol. The number of nitrogens with zero attached hydrogens (tertiary/aromatic N) is 4. The second-order valence-corrected chi connectivity index (χ2v) is 5.92. The number of hydrogen-bond donors (Lipinski definition) is 3. The Balaban J connectivity index is 1.86. The van der Waals surface area contributed by atoms with Crippen LogP contribution in [0.25, 0.3) is 22.3 Å². The number of aromatic amines is 1. The molecule has 0 spiro atoms. The molecule has 1 amide bonds. The first kappa shape index (κ1) is 19.1. The van der Waals surface area contributed by atoms with E-state index in [1.165, 1.54) is 19.3 Å². The van der Waals surface area contributed by atoms with Gasteiger partial charge in [0.2, 0.25) is 5.91 Å². The third kappa shape index (κ3) is 4.35. The van der Waals surface area contributed by atoms with Crippen LogP contribution < -0.4 is 10.6 Å². The molecule has 0 aliphatic rings. The van der Waals surface area contributed by atoms with Crippen LogP contribution in [0.2, 0.25) is 0 Å². The number of H-pyrrole nitrogens is 1. The summed E-state index contributed by atoms with van der Waals surface area (Å²) in [6.07, 6.45) is 0.135. The number of carbonyl (C=O) groups excluding carboxylic acids is 1. The first-order chi connectivity index (χ1) is 13.3. The van der Waals surface area contributed by atoms with Gasteiger partial charge in [0.05, 0.1) is 17.3 Å². The summed E-state index contributed by atoms with van der Waals surface area (Å²) < 4.78 is 36.7. The van der Waals surface area contributed by atoms with Crippen molar-refractivity contribution >= 4 is 22.8 Å². The van der Waals surface area contributed by atoms with Crippen LogP contribution in [0.15, 0.2) is 30.9 Å². The van der Waals surface area contributed by atoms with Crippen LogP contribution in [0.5, 0.6) is 0 Å². The summed E-state index contributed by atoms with van der Waals surface area (Å²) in [7, 11) is 0. The van der Waals surface area contributed by atoms with Crippen molar-refractivity contribution in [1.29, 1.82) is 5.26 Å². The highest BCUT2D eigenvalue weighted by molar-refractivity contribution is 5.92. The van der Waals surface area contributed by atoms with Crippen molar-refractivity contribution < 1.29 is 18.0 Å². The molecular weight excluding hydrogens is 375 g/mol. The maximum absolute atomic E-state index is 12.2. The van der Waals surface area contributed by atoms with Crippen LogP contribution in [-0.2, 0) is 4.79 Å². The number of halogens is 3. The Hall–Kier alpha value is -3.68. The Bertz CT molecular complexity index is 1050. The van der Waals surface area contributed by atoms with E-state index in [0.717, 1.165) is 0 Å². The first-order valence-electron chi connectivity index (χ1n) is 8.07. The maximum Gasteiger partial charge on any atom is 0.405 e. The Kier molecular flexibility index (Phi) is 5.12. The van der Waals surface area contributed by atoms with E-state index >= 15 is 0 Å². The number of carbonyl (C=O) groups is 1. The maximum atomic E-state index is 12.2. The lowest BCUT2D eigenvalue weighted by atomic mass is 10.1.